The number of ether oxygens (including phenoxy) is 1. The van der Waals surface area contributed by atoms with Crippen LogP contribution in [0.5, 0.6) is 0 Å². The van der Waals surface area contributed by atoms with Gasteiger partial charge in [0.15, 0.2) is 11.5 Å². The van der Waals surface area contributed by atoms with Gasteiger partial charge >= 0.3 is 0 Å². The Hall–Kier alpha value is -2.34. The van der Waals surface area contributed by atoms with Gasteiger partial charge in [-0.1, -0.05) is 0 Å². The van der Waals surface area contributed by atoms with Gasteiger partial charge in [0.1, 0.15) is 11.6 Å². The molecule has 132 valence electrons. The molecule has 0 bridgehead atoms. The predicted molar refractivity (Wildman–Crippen MR) is 96.6 cm³/mol. The fourth-order valence-electron chi connectivity index (χ4n) is 3.63. The smallest absolute Gasteiger partial charge is 0.192 e. The summed E-state index contributed by atoms with van der Waals surface area (Å²) in [5.74, 6) is 1.11. The van der Waals surface area contributed by atoms with Crippen LogP contribution in [0.15, 0.2) is 34.9 Å². The largest absolute Gasteiger partial charge is 0.441 e. The third-order valence-electron chi connectivity index (χ3n) is 4.85. The van der Waals surface area contributed by atoms with E-state index in [0.717, 1.165) is 49.3 Å². The van der Waals surface area contributed by atoms with Crippen molar-refractivity contribution in [1.82, 2.24) is 14.8 Å². The predicted octanol–water partition coefficient (Wildman–Crippen LogP) is 3.93. The number of oxazole rings is 1. The van der Waals surface area contributed by atoms with E-state index >= 15 is 0 Å². The Morgan fingerprint density at radius 3 is 3.12 bits per heavy atom. The Morgan fingerprint density at radius 1 is 1.32 bits per heavy atom. The summed E-state index contributed by atoms with van der Waals surface area (Å²) in [5, 5.41) is 7.94. The Bertz CT molecular complexity index is 854. The van der Waals surface area contributed by atoms with Crippen LogP contribution in [-0.2, 0) is 11.3 Å². The summed E-state index contributed by atoms with van der Waals surface area (Å²) in [6.07, 6.45) is 4.21. The van der Waals surface area contributed by atoms with Crippen LogP contribution < -0.4 is 5.32 Å². The number of nitrogens with zero attached hydrogens (tertiary/aromatic N) is 3. The van der Waals surface area contributed by atoms with Crippen molar-refractivity contribution in [2.75, 3.05) is 18.5 Å². The van der Waals surface area contributed by atoms with Crippen LogP contribution in [-0.4, -0.2) is 27.9 Å². The van der Waals surface area contributed by atoms with Gasteiger partial charge in [-0.2, -0.15) is 5.10 Å². The molecule has 4 rings (SSSR count). The molecule has 1 fully saturated rings. The minimum absolute atomic E-state index is 0.0972. The van der Waals surface area contributed by atoms with Gasteiger partial charge in [-0.05, 0) is 38.0 Å². The molecule has 1 aliphatic rings. The lowest BCUT2D eigenvalue weighted by Gasteiger charge is -2.32. The van der Waals surface area contributed by atoms with Gasteiger partial charge in [0, 0.05) is 50.5 Å². The van der Waals surface area contributed by atoms with E-state index in [-0.39, 0.29) is 6.10 Å². The highest BCUT2D eigenvalue weighted by atomic mass is 16.5. The van der Waals surface area contributed by atoms with E-state index in [0.29, 0.717) is 11.8 Å². The topological polar surface area (TPSA) is 65.1 Å². The number of benzene rings is 1. The second kappa shape index (κ2) is 6.88. The first-order valence-corrected chi connectivity index (χ1v) is 8.99. The lowest BCUT2D eigenvalue weighted by atomic mass is 9.92. The number of anilines is 1. The van der Waals surface area contributed by atoms with Gasteiger partial charge in [-0.15, -0.1) is 0 Å². The number of aryl methyl sites for hydroxylation is 2. The molecule has 0 unspecified atom stereocenters. The average molecular weight is 340 g/mol. The fraction of sp³-hybridized carbons (Fsp3) is 0.474. The van der Waals surface area contributed by atoms with Crippen molar-refractivity contribution in [1.29, 1.82) is 0 Å². The van der Waals surface area contributed by atoms with Crippen LogP contribution >= 0.6 is 0 Å². The van der Waals surface area contributed by atoms with Crippen LogP contribution in [0.2, 0.25) is 0 Å². The van der Waals surface area contributed by atoms with E-state index in [1.54, 1.807) is 0 Å². The second-order valence-corrected chi connectivity index (χ2v) is 6.56. The van der Waals surface area contributed by atoms with Crippen molar-refractivity contribution in [2.45, 2.75) is 39.3 Å². The third kappa shape index (κ3) is 3.26. The number of hydrogen-bond acceptors (Lipinski definition) is 5. The molecule has 0 aliphatic carbocycles. The number of aromatic nitrogens is 3. The molecule has 1 aromatic carbocycles. The summed E-state index contributed by atoms with van der Waals surface area (Å²) >= 11 is 0. The monoisotopic (exact) mass is 340 g/mol. The summed E-state index contributed by atoms with van der Waals surface area (Å²) in [6, 6.07) is 8.15. The summed E-state index contributed by atoms with van der Waals surface area (Å²) in [5.41, 5.74) is 3.95. The van der Waals surface area contributed by atoms with Crippen molar-refractivity contribution < 1.29 is 9.15 Å². The van der Waals surface area contributed by atoms with Crippen molar-refractivity contribution in [3.63, 3.8) is 0 Å². The minimum Gasteiger partial charge on any atom is -0.441 e. The van der Waals surface area contributed by atoms with Gasteiger partial charge in [0.2, 0.25) is 0 Å². The lowest BCUT2D eigenvalue weighted by molar-refractivity contribution is -0.0288. The highest BCUT2D eigenvalue weighted by Crippen LogP contribution is 2.34. The van der Waals surface area contributed by atoms with Crippen molar-refractivity contribution in [3.8, 4) is 0 Å². The minimum atomic E-state index is 0.0972. The maximum Gasteiger partial charge on any atom is 0.192 e. The normalized spacial score (nSPS) is 20.9. The molecular weight excluding hydrogens is 316 g/mol. The zero-order valence-corrected chi connectivity index (χ0v) is 14.7. The summed E-state index contributed by atoms with van der Waals surface area (Å²) in [7, 11) is 0. The van der Waals surface area contributed by atoms with Crippen LogP contribution in [0.1, 0.15) is 37.5 Å². The molecule has 25 heavy (non-hydrogen) atoms. The molecular formula is C19H24N4O2. The number of rotatable bonds is 5. The maximum absolute atomic E-state index is 6.11. The molecule has 1 N–H and O–H groups in total. The molecule has 0 spiro atoms. The molecule has 0 amide bonds. The molecule has 0 saturated carbocycles. The summed E-state index contributed by atoms with van der Waals surface area (Å²) in [6.45, 7) is 6.52. The van der Waals surface area contributed by atoms with Gasteiger partial charge in [-0.25, -0.2) is 4.98 Å². The Kier molecular flexibility index (Phi) is 4.44. The van der Waals surface area contributed by atoms with E-state index in [9.17, 15) is 0 Å². The molecule has 2 atom stereocenters. The van der Waals surface area contributed by atoms with Crippen LogP contribution in [0.25, 0.3) is 11.1 Å². The molecule has 3 heterocycles. The van der Waals surface area contributed by atoms with Gasteiger partial charge in [-0.3, -0.25) is 4.68 Å². The Balaban J connectivity index is 1.49. The first kappa shape index (κ1) is 16.1. The van der Waals surface area contributed by atoms with Crippen molar-refractivity contribution in [3.05, 3.63) is 42.0 Å². The van der Waals surface area contributed by atoms with Crippen LogP contribution in [0.3, 0.4) is 0 Å². The van der Waals surface area contributed by atoms with Crippen molar-refractivity contribution >= 4 is 16.8 Å². The Labute approximate surface area is 147 Å². The van der Waals surface area contributed by atoms with E-state index in [4.69, 9.17) is 9.15 Å². The lowest BCUT2D eigenvalue weighted by Crippen LogP contribution is -2.30. The van der Waals surface area contributed by atoms with E-state index < -0.39 is 0 Å². The zero-order chi connectivity index (χ0) is 17.2. The molecule has 6 nitrogen and oxygen atoms in total. The fourth-order valence-corrected chi connectivity index (χ4v) is 3.63. The third-order valence-corrected chi connectivity index (χ3v) is 4.85. The van der Waals surface area contributed by atoms with Crippen molar-refractivity contribution in [2.24, 2.45) is 5.92 Å². The van der Waals surface area contributed by atoms with Crippen LogP contribution in [0.4, 0.5) is 5.69 Å². The number of hydrogen-bond donors (Lipinski definition) is 1. The molecule has 1 saturated heterocycles. The quantitative estimate of drug-likeness (QED) is 0.762. The standard InChI is InChI=1S/C19H24N4O2/c1-3-23-17(8-9-21-23)19-14(5-4-10-24-19)12-20-15-6-7-16-18(11-15)25-13(2)22-16/h6-9,11,14,19-20H,3-5,10,12H2,1-2H3/t14-,19+/m0/s1. The summed E-state index contributed by atoms with van der Waals surface area (Å²) < 4.78 is 13.8. The number of nitrogens with one attached hydrogen (secondary N) is 1. The van der Waals surface area contributed by atoms with Gasteiger partial charge < -0.3 is 14.5 Å². The van der Waals surface area contributed by atoms with Gasteiger partial charge in [0.05, 0.1) is 5.69 Å². The Morgan fingerprint density at radius 2 is 2.24 bits per heavy atom. The first-order chi connectivity index (χ1) is 12.2. The molecule has 0 radical (unpaired) electrons. The van der Waals surface area contributed by atoms with Gasteiger partial charge in [0.25, 0.3) is 0 Å². The zero-order valence-electron chi connectivity index (χ0n) is 14.7. The van der Waals surface area contributed by atoms with E-state index in [1.165, 1.54) is 5.69 Å². The van der Waals surface area contributed by atoms with E-state index in [1.807, 2.05) is 29.9 Å². The van der Waals surface area contributed by atoms with Crippen LogP contribution in [0, 0.1) is 12.8 Å². The maximum atomic E-state index is 6.11. The average Bonchev–Trinajstić information content (AvgIpc) is 3.24. The number of fused-ring (bicyclic) bond motifs is 1. The molecule has 6 heteroatoms. The van der Waals surface area contributed by atoms with E-state index in [2.05, 4.69) is 34.5 Å². The second-order valence-electron chi connectivity index (χ2n) is 6.56. The SMILES string of the molecule is CCn1nccc1[C@@H]1OCCC[C@H]1CNc1ccc2nc(C)oc2c1. The molecule has 1 aliphatic heterocycles. The first-order valence-electron chi connectivity index (χ1n) is 8.99. The molecule has 2 aromatic heterocycles. The highest BCUT2D eigenvalue weighted by molar-refractivity contribution is 5.77. The molecule has 3 aromatic rings. The highest BCUT2D eigenvalue weighted by Gasteiger charge is 2.29. The summed E-state index contributed by atoms with van der Waals surface area (Å²) in [4.78, 5) is 4.34.